The van der Waals surface area contributed by atoms with Crippen molar-refractivity contribution in [3.63, 3.8) is 0 Å². The molecule has 120 valence electrons. The Morgan fingerprint density at radius 2 is 1.91 bits per heavy atom. The van der Waals surface area contributed by atoms with E-state index >= 15 is 0 Å². The van der Waals surface area contributed by atoms with Crippen molar-refractivity contribution in [2.45, 2.75) is 23.8 Å². The van der Waals surface area contributed by atoms with Gasteiger partial charge in [0.1, 0.15) is 5.82 Å². The number of likely N-dealkylation sites (tertiary alicyclic amines) is 1. The quantitative estimate of drug-likeness (QED) is 0.765. The van der Waals surface area contributed by atoms with E-state index in [1.807, 2.05) is 4.90 Å². The Kier molecular flexibility index (Phi) is 6.21. The summed E-state index contributed by atoms with van der Waals surface area (Å²) in [5.41, 5.74) is 5.17. The maximum absolute atomic E-state index is 12.8. The van der Waals surface area contributed by atoms with Crippen LogP contribution in [0.5, 0.6) is 0 Å². The van der Waals surface area contributed by atoms with Crippen molar-refractivity contribution < 1.29 is 14.0 Å². The van der Waals surface area contributed by atoms with Crippen molar-refractivity contribution in [2.75, 3.05) is 25.4 Å². The molecule has 2 amide bonds. The van der Waals surface area contributed by atoms with Gasteiger partial charge in [-0.1, -0.05) is 0 Å². The summed E-state index contributed by atoms with van der Waals surface area (Å²) in [6.07, 6.45) is 1.64. The molecule has 1 aliphatic rings. The molecule has 7 heteroatoms. The van der Waals surface area contributed by atoms with Crippen LogP contribution in [0, 0.1) is 5.82 Å². The first-order valence-electron chi connectivity index (χ1n) is 7.21. The zero-order valence-electron chi connectivity index (χ0n) is 12.3. The molecule has 5 nitrogen and oxygen atoms in total. The molecule has 1 aliphatic heterocycles. The van der Waals surface area contributed by atoms with Crippen LogP contribution in [0.3, 0.4) is 0 Å². The Labute approximate surface area is 133 Å². The molecule has 1 heterocycles. The van der Waals surface area contributed by atoms with Gasteiger partial charge in [-0.05, 0) is 37.1 Å². The fourth-order valence-electron chi connectivity index (χ4n) is 2.40. The molecule has 0 bridgehead atoms. The number of hydrogen-bond acceptors (Lipinski definition) is 4. The summed E-state index contributed by atoms with van der Waals surface area (Å²) in [7, 11) is 0. The molecule has 1 aromatic carbocycles. The molecule has 0 aromatic heterocycles. The number of halogens is 1. The number of rotatable bonds is 6. The van der Waals surface area contributed by atoms with Crippen LogP contribution in [0.2, 0.25) is 0 Å². The van der Waals surface area contributed by atoms with Gasteiger partial charge in [-0.25, -0.2) is 4.39 Å². The van der Waals surface area contributed by atoms with E-state index in [-0.39, 0.29) is 30.2 Å². The molecule has 0 unspecified atom stereocenters. The molecule has 2 rings (SSSR count). The number of piperidine rings is 1. The van der Waals surface area contributed by atoms with Crippen molar-refractivity contribution in [1.82, 2.24) is 10.2 Å². The molecule has 1 aromatic rings. The Balaban J connectivity index is 1.67. The smallest absolute Gasteiger partial charge is 0.231 e. The average Bonchev–Trinajstić information content (AvgIpc) is 2.48. The summed E-state index contributed by atoms with van der Waals surface area (Å²) in [6, 6.07) is 6.24. The molecule has 1 fully saturated rings. The van der Waals surface area contributed by atoms with Gasteiger partial charge in [0.15, 0.2) is 0 Å². The molecule has 0 saturated carbocycles. The van der Waals surface area contributed by atoms with Gasteiger partial charge in [0.25, 0.3) is 0 Å². The molecular formula is C15H20FN3O2S. The fourth-order valence-corrected chi connectivity index (χ4v) is 3.11. The highest BCUT2D eigenvalue weighted by atomic mass is 32.2. The van der Waals surface area contributed by atoms with Crippen LogP contribution in [0.4, 0.5) is 4.39 Å². The summed E-state index contributed by atoms with van der Waals surface area (Å²) in [6.45, 7) is 1.80. The number of carbonyl (C=O) groups is 2. The van der Waals surface area contributed by atoms with Gasteiger partial charge in [-0.2, -0.15) is 0 Å². The predicted molar refractivity (Wildman–Crippen MR) is 83.9 cm³/mol. The van der Waals surface area contributed by atoms with Gasteiger partial charge >= 0.3 is 0 Å². The third-order valence-electron chi connectivity index (χ3n) is 3.52. The lowest BCUT2D eigenvalue weighted by Crippen LogP contribution is -2.47. The van der Waals surface area contributed by atoms with E-state index in [0.717, 1.165) is 30.8 Å². The minimum atomic E-state index is -0.321. The van der Waals surface area contributed by atoms with E-state index in [0.29, 0.717) is 5.75 Å². The summed E-state index contributed by atoms with van der Waals surface area (Å²) >= 11 is 1.38. The average molecular weight is 325 g/mol. The Morgan fingerprint density at radius 1 is 1.27 bits per heavy atom. The molecule has 3 N–H and O–H groups in total. The molecule has 1 saturated heterocycles. The minimum Gasteiger partial charge on any atom is -0.369 e. The van der Waals surface area contributed by atoms with E-state index in [1.165, 1.54) is 23.9 Å². The fraction of sp³-hybridized carbons (Fsp3) is 0.467. The van der Waals surface area contributed by atoms with E-state index < -0.39 is 0 Å². The predicted octanol–water partition coefficient (Wildman–Crippen LogP) is 0.984. The van der Waals surface area contributed by atoms with Gasteiger partial charge in [0.2, 0.25) is 11.8 Å². The van der Waals surface area contributed by atoms with Crippen molar-refractivity contribution in [3.8, 4) is 0 Å². The van der Waals surface area contributed by atoms with E-state index in [2.05, 4.69) is 5.32 Å². The molecule has 0 atom stereocenters. The highest BCUT2D eigenvalue weighted by Crippen LogP contribution is 2.18. The summed E-state index contributed by atoms with van der Waals surface area (Å²) in [5, 5.41) is 3.00. The molecule has 0 aliphatic carbocycles. The molecule has 22 heavy (non-hydrogen) atoms. The summed E-state index contributed by atoms with van der Waals surface area (Å²) < 4.78 is 12.8. The number of carbonyl (C=O) groups excluding carboxylic acids is 2. The van der Waals surface area contributed by atoms with Crippen molar-refractivity contribution in [2.24, 2.45) is 5.73 Å². The zero-order valence-corrected chi connectivity index (χ0v) is 13.1. The lowest BCUT2D eigenvalue weighted by molar-refractivity contribution is -0.121. The summed E-state index contributed by atoms with van der Waals surface area (Å²) in [5.74, 6) is -0.315. The Bertz CT molecular complexity index is 516. The number of hydrogen-bond donors (Lipinski definition) is 2. The Hall–Kier alpha value is -1.60. The zero-order chi connectivity index (χ0) is 15.9. The monoisotopic (exact) mass is 325 g/mol. The van der Waals surface area contributed by atoms with Crippen LogP contribution >= 0.6 is 11.8 Å². The van der Waals surface area contributed by atoms with Gasteiger partial charge in [-0.15, -0.1) is 11.8 Å². The maximum atomic E-state index is 12.8. The molecular weight excluding hydrogens is 305 g/mol. The van der Waals surface area contributed by atoms with Crippen molar-refractivity contribution >= 4 is 23.6 Å². The van der Waals surface area contributed by atoms with E-state index in [1.54, 1.807) is 12.1 Å². The number of nitrogens with two attached hydrogens (primary N) is 1. The SMILES string of the molecule is NC(=O)CN1CCC(NC(=O)CSc2ccc(F)cc2)CC1. The number of nitrogens with zero attached hydrogens (tertiary/aromatic N) is 1. The number of thioether (sulfide) groups is 1. The second-order valence-corrected chi connectivity index (χ2v) is 6.38. The summed E-state index contributed by atoms with van der Waals surface area (Å²) in [4.78, 5) is 25.6. The topological polar surface area (TPSA) is 75.4 Å². The normalized spacial score (nSPS) is 16.4. The van der Waals surface area contributed by atoms with E-state index in [4.69, 9.17) is 5.73 Å². The van der Waals surface area contributed by atoms with Gasteiger partial charge in [0.05, 0.1) is 12.3 Å². The minimum absolute atomic E-state index is 0.0253. The van der Waals surface area contributed by atoms with Gasteiger partial charge < -0.3 is 11.1 Å². The van der Waals surface area contributed by atoms with Crippen molar-refractivity contribution in [3.05, 3.63) is 30.1 Å². The number of nitrogens with one attached hydrogen (secondary N) is 1. The van der Waals surface area contributed by atoms with Crippen LogP contribution in [0.25, 0.3) is 0 Å². The lowest BCUT2D eigenvalue weighted by atomic mass is 10.1. The number of amides is 2. The number of benzene rings is 1. The first kappa shape index (κ1) is 16.8. The Morgan fingerprint density at radius 3 is 2.50 bits per heavy atom. The van der Waals surface area contributed by atoms with Crippen LogP contribution < -0.4 is 11.1 Å². The van der Waals surface area contributed by atoms with Crippen LogP contribution in [-0.4, -0.2) is 48.1 Å². The van der Waals surface area contributed by atoms with Crippen LogP contribution in [0.15, 0.2) is 29.2 Å². The second kappa shape index (κ2) is 8.14. The third-order valence-corrected chi connectivity index (χ3v) is 4.53. The second-order valence-electron chi connectivity index (χ2n) is 5.33. The van der Waals surface area contributed by atoms with Crippen LogP contribution in [-0.2, 0) is 9.59 Å². The highest BCUT2D eigenvalue weighted by Gasteiger charge is 2.21. The molecule has 0 spiro atoms. The molecule has 0 radical (unpaired) electrons. The van der Waals surface area contributed by atoms with E-state index in [9.17, 15) is 14.0 Å². The first-order valence-corrected chi connectivity index (χ1v) is 8.20. The van der Waals surface area contributed by atoms with Crippen molar-refractivity contribution in [1.29, 1.82) is 0 Å². The number of primary amides is 1. The lowest BCUT2D eigenvalue weighted by Gasteiger charge is -2.31. The van der Waals surface area contributed by atoms with Crippen LogP contribution in [0.1, 0.15) is 12.8 Å². The largest absolute Gasteiger partial charge is 0.369 e. The first-order chi connectivity index (χ1) is 10.5. The van der Waals surface area contributed by atoms with Gasteiger partial charge in [-0.3, -0.25) is 14.5 Å². The maximum Gasteiger partial charge on any atom is 0.231 e. The standard InChI is InChI=1S/C15H20FN3O2S/c16-11-1-3-13(4-2-11)22-10-15(21)18-12-5-7-19(8-6-12)9-14(17)20/h1-4,12H,5-10H2,(H2,17,20)(H,18,21). The third kappa shape index (κ3) is 5.65. The van der Waals surface area contributed by atoms with Gasteiger partial charge in [0, 0.05) is 24.0 Å². The highest BCUT2D eigenvalue weighted by molar-refractivity contribution is 8.00.